The molecule has 5 rings (SSSR count). The molecule has 2 atom stereocenters. The van der Waals surface area contributed by atoms with Crippen molar-refractivity contribution < 1.29 is 32.6 Å². The van der Waals surface area contributed by atoms with Crippen LogP contribution >= 0.6 is 0 Å². The fourth-order valence-corrected chi connectivity index (χ4v) is 6.79. The molecule has 2 aromatic carbocycles. The van der Waals surface area contributed by atoms with Crippen molar-refractivity contribution in [2.45, 2.75) is 83.9 Å². The Morgan fingerprint density at radius 3 is 2.36 bits per heavy atom. The summed E-state index contributed by atoms with van der Waals surface area (Å²) in [5.41, 5.74) is 2.88. The molecule has 226 valence electrons. The van der Waals surface area contributed by atoms with Gasteiger partial charge in [0.05, 0.1) is 25.3 Å². The number of fused-ring (bicyclic) bond motifs is 1. The van der Waals surface area contributed by atoms with E-state index in [1.54, 1.807) is 25.4 Å². The molecule has 42 heavy (non-hydrogen) atoms. The summed E-state index contributed by atoms with van der Waals surface area (Å²) in [5.74, 6) is -2.36. The minimum atomic E-state index is -2.64. The summed E-state index contributed by atoms with van der Waals surface area (Å²) in [6.07, 6.45) is 2.87. The van der Waals surface area contributed by atoms with Crippen LogP contribution in [-0.4, -0.2) is 53.8 Å². The Morgan fingerprint density at radius 2 is 1.76 bits per heavy atom. The van der Waals surface area contributed by atoms with Gasteiger partial charge in [-0.15, -0.1) is 0 Å². The number of nitrogens with zero attached hydrogens (tertiary/aromatic N) is 2. The van der Waals surface area contributed by atoms with Crippen LogP contribution in [0.4, 0.5) is 13.6 Å². The predicted octanol–water partition coefficient (Wildman–Crippen LogP) is 7.67. The van der Waals surface area contributed by atoms with Crippen molar-refractivity contribution in [2.75, 3.05) is 20.8 Å². The first-order chi connectivity index (χ1) is 19.7. The fourth-order valence-electron chi connectivity index (χ4n) is 6.79. The maximum absolute atomic E-state index is 14.5. The Kier molecular flexibility index (Phi) is 7.85. The van der Waals surface area contributed by atoms with E-state index in [-0.39, 0.29) is 18.9 Å². The second-order valence-corrected chi connectivity index (χ2v) is 12.9. The zero-order valence-corrected chi connectivity index (χ0v) is 25.3. The number of aryl methyl sites for hydroxylation is 1. The van der Waals surface area contributed by atoms with Gasteiger partial charge in [0.15, 0.2) is 0 Å². The average molecular weight is 583 g/mol. The van der Waals surface area contributed by atoms with Crippen molar-refractivity contribution in [3.05, 3.63) is 64.8 Å². The molecule has 1 saturated carbocycles. The van der Waals surface area contributed by atoms with Crippen molar-refractivity contribution in [3.8, 4) is 5.75 Å². The standard InChI is InChI=1S/C33H40F2N2O5/c1-21-17-27(40-5)25(24-11-15-37(28(21)24)30(39)42-31(2,3)4)19-36-16-14-32(12-13-33(34,35)20-32)18-26(36)22-7-9-23(10-8-22)29(38)41-6/h7-11,15,17,26H,12-14,16,18-20H2,1-6H3/t26-,32?/m1/s1. The number of halogens is 2. The molecule has 2 fully saturated rings. The molecule has 9 heteroatoms. The van der Waals surface area contributed by atoms with Gasteiger partial charge in [-0.1, -0.05) is 12.1 Å². The van der Waals surface area contributed by atoms with Crippen molar-refractivity contribution >= 4 is 23.0 Å². The van der Waals surface area contributed by atoms with Crippen LogP contribution in [0.1, 0.15) is 86.0 Å². The topological polar surface area (TPSA) is 70.0 Å². The molecule has 0 amide bonds. The molecule has 1 aliphatic carbocycles. The highest BCUT2D eigenvalue weighted by Crippen LogP contribution is 2.56. The second kappa shape index (κ2) is 11.0. The Bertz CT molecular complexity index is 1490. The highest BCUT2D eigenvalue weighted by atomic mass is 19.3. The molecule has 1 spiro atoms. The van der Waals surface area contributed by atoms with E-state index in [4.69, 9.17) is 14.2 Å². The first-order valence-electron chi connectivity index (χ1n) is 14.5. The normalized spacial score (nSPS) is 22.4. The maximum atomic E-state index is 14.5. The van der Waals surface area contributed by atoms with E-state index in [1.165, 1.54) is 11.7 Å². The van der Waals surface area contributed by atoms with Gasteiger partial charge in [-0.2, -0.15) is 0 Å². The average Bonchev–Trinajstić information content (AvgIpc) is 3.51. The monoisotopic (exact) mass is 582 g/mol. The molecule has 1 aromatic heterocycles. The number of benzene rings is 2. The molecule has 2 aliphatic rings. The first kappa shape index (κ1) is 30.0. The lowest BCUT2D eigenvalue weighted by Crippen LogP contribution is -2.41. The minimum absolute atomic E-state index is 0.0778. The van der Waals surface area contributed by atoms with Crippen LogP contribution in [0, 0.1) is 12.3 Å². The quantitative estimate of drug-likeness (QED) is 0.288. The molecule has 3 aromatic rings. The third-order valence-electron chi connectivity index (χ3n) is 8.77. The lowest BCUT2D eigenvalue weighted by Gasteiger charge is -2.45. The molecule has 2 heterocycles. The largest absolute Gasteiger partial charge is 0.496 e. The van der Waals surface area contributed by atoms with Crippen LogP contribution in [0.25, 0.3) is 10.9 Å². The van der Waals surface area contributed by atoms with Gasteiger partial charge in [0, 0.05) is 42.6 Å². The molecular formula is C33H40F2N2O5. The van der Waals surface area contributed by atoms with E-state index in [0.717, 1.165) is 27.6 Å². The van der Waals surface area contributed by atoms with Crippen molar-refractivity contribution in [1.29, 1.82) is 0 Å². The van der Waals surface area contributed by atoms with Gasteiger partial charge in [-0.25, -0.2) is 18.4 Å². The number of carbonyl (C=O) groups is 2. The van der Waals surface area contributed by atoms with Gasteiger partial charge in [-0.3, -0.25) is 9.47 Å². The Hall–Kier alpha value is -3.46. The zero-order valence-electron chi connectivity index (χ0n) is 25.3. The van der Waals surface area contributed by atoms with Crippen LogP contribution in [0.5, 0.6) is 5.75 Å². The van der Waals surface area contributed by atoms with Gasteiger partial charge < -0.3 is 14.2 Å². The smallest absolute Gasteiger partial charge is 0.419 e. The Labute approximate surface area is 245 Å². The second-order valence-electron chi connectivity index (χ2n) is 12.9. The number of aromatic nitrogens is 1. The lowest BCUT2D eigenvalue weighted by molar-refractivity contribution is -0.0235. The summed E-state index contributed by atoms with van der Waals surface area (Å²) >= 11 is 0. The van der Waals surface area contributed by atoms with Gasteiger partial charge in [0.2, 0.25) is 5.92 Å². The number of hydrogen-bond donors (Lipinski definition) is 0. The van der Waals surface area contributed by atoms with Gasteiger partial charge in [0.1, 0.15) is 11.4 Å². The minimum Gasteiger partial charge on any atom is -0.496 e. The van der Waals surface area contributed by atoms with E-state index < -0.39 is 29.0 Å². The molecule has 1 aliphatic heterocycles. The molecule has 1 saturated heterocycles. The summed E-state index contributed by atoms with van der Waals surface area (Å²) in [7, 11) is 2.97. The van der Waals surface area contributed by atoms with E-state index in [2.05, 4.69) is 4.90 Å². The molecular weight excluding hydrogens is 542 g/mol. The number of likely N-dealkylation sites (tertiary alicyclic amines) is 1. The van der Waals surface area contributed by atoms with Crippen LogP contribution in [0.15, 0.2) is 42.6 Å². The maximum Gasteiger partial charge on any atom is 0.419 e. The number of piperidine rings is 1. The summed E-state index contributed by atoms with van der Waals surface area (Å²) in [6.45, 7) is 8.56. The number of carbonyl (C=O) groups excluding carboxylic acids is 2. The van der Waals surface area contributed by atoms with Crippen molar-refractivity contribution in [3.63, 3.8) is 0 Å². The summed E-state index contributed by atoms with van der Waals surface area (Å²) in [4.78, 5) is 27.5. The summed E-state index contributed by atoms with van der Waals surface area (Å²) < 4.78 is 46.9. The fraction of sp³-hybridized carbons (Fsp3) is 0.515. The molecule has 1 unspecified atom stereocenters. The number of esters is 1. The van der Waals surface area contributed by atoms with Gasteiger partial charge >= 0.3 is 12.1 Å². The number of methoxy groups -OCH3 is 2. The third kappa shape index (κ3) is 5.89. The number of alkyl halides is 2. The van der Waals surface area contributed by atoms with Crippen LogP contribution in [0.3, 0.4) is 0 Å². The summed E-state index contributed by atoms with van der Waals surface area (Å²) in [6, 6.07) is 11.0. The van der Waals surface area contributed by atoms with E-state index in [1.807, 2.05) is 52.0 Å². The van der Waals surface area contributed by atoms with Crippen LogP contribution in [0.2, 0.25) is 0 Å². The van der Waals surface area contributed by atoms with Crippen LogP contribution < -0.4 is 4.74 Å². The molecule has 0 bridgehead atoms. The highest BCUT2D eigenvalue weighted by molar-refractivity contribution is 5.95. The van der Waals surface area contributed by atoms with Crippen molar-refractivity contribution in [2.24, 2.45) is 5.41 Å². The number of ether oxygens (including phenoxy) is 3. The van der Waals surface area contributed by atoms with E-state index in [0.29, 0.717) is 43.7 Å². The zero-order chi connectivity index (χ0) is 30.4. The number of rotatable bonds is 5. The van der Waals surface area contributed by atoms with Crippen LogP contribution in [-0.2, 0) is 16.0 Å². The Morgan fingerprint density at radius 1 is 1.05 bits per heavy atom. The highest BCUT2D eigenvalue weighted by Gasteiger charge is 2.52. The lowest BCUT2D eigenvalue weighted by atomic mass is 9.72. The first-order valence-corrected chi connectivity index (χ1v) is 14.5. The third-order valence-corrected chi connectivity index (χ3v) is 8.77. The Balaban J connectivity index is 1.54. The van der Waals surface area contributed by atoms with E-state index >= 15 is 0 Å². The SMILES string of the molecule is COC(=O)c1ccc([C@H]2CC3(CCN2Cc2c(OC)cc(C)c4c2ccn4C(=O)OC(C)(C)C)CCC(F)(F)C3)cc1. The van der Waals surface area contributed by atoms with E-state index in [9.17, 15) is 18.4 Å². The van der Waals surface area contributed by atoms with Gasteiger partial charge in [0.25, 0.3) is 0 Å². The molecule has 0 N–H and O–H groups in total. The molecule has 7 nitrogen and oxygen atoms in total. The number of hydrogen-bond acceptors (Lipinski definition) is 6. The van der Waals surface area contributed by atoms with Gasteiger partial charge in [-0.05, 0) is 94.3 Å². The summed E-state index contributed by atoms with van der Waals surface area (Å²) in [5, 5.41) is 0.880. The molecule has 0 radical (unpaired) electrons. The van der Waals surface area contributed by atoms with Crippen molar-refractivity contribution in [1.82, 2.24) is 9.47 Å². The predicted molar refractivity (Wildman–Crippen MR) is 156 cm³/mol.